The van der Waals surface area contributed by atoms with Gasteiger partial charge in [0.05, 0.1) is 11.3 Å². The van der Waals surface area contributed by atoms with E-state index in [1.165, 1.54) is 18.2 Å². The number of para-hydroxylation sites is 1. The fraction of sp³-hybridized carbons (Fsp3) is 0.0769. The van der Waals surface area contributed by atoms with Gasteiger partial charge in [-0.1, -0.05) is 6.07 Å². The minimum absolute atomic E-state index is 0.0285. The van der Waals surface area contributed by atoms with Crippen LogP contribution in [0.4, 0.5) is 8.78 Å². The van der Waals surface area contributed by atoms with Gasteiger partial charge >= 0.3 is 5.97 Å². The van der Waals surface area contributed by atoms with Crippen LogP contribution in [0, 0.1) is 11.6 Å². The zero-order valence-corrected chi connectivity index (χ0v) is 9.64. The van der Waals surface area contributed by atoms with Crippen molar-refractivity contribution >= 4 is 5.97 Å². The highest BCUT2D eigenvalue weighted by Gasteiger charge is 2.10. The summed E-state index contributed by atoms with van der Waals surface area (Å²) in [6, 6.07) is 6.16. The maximum Gasteiger partial charge on any atom is 0.337 e. The molecule has 0 aliphatic carbocycles. The van der Waals surface area contributed by atoms with Crippen LogP contribution in [0.25, 0.3) is 0 Å². The van der Waals surface area contributed by atoms with Crippen molar-refractivity contribution in [2.45, 2.75) is 6.61 Å². The number of rotatable bonds is 4. The molecule has 0 amide bonds. The topological polar surface area (TPSA) is 59.4 Å². The van der Waals surface area contributed by atoms with Crippen LogP contribution in [-0.2, 0) is 6.61 Å². The lowest BCUT2D eigenvalue weighted by Crippen LogP contribution is -2.03. The average molecular weight is 265 g/mol. The number of pyridine rings is 1. The molecular formula is C13H9F2NO3. The van der Waals surface area contributed by atoms with Gasteiger partial charge in [0, 0.05) is 6.20 Å². The summed E-state index contributed by atoms with van der Waals surface area (Å²) in [5.41, 5.74) is 0.397. The summed E-state index contributed by atoms with van der Waals surface area (Å²) in [7, 11) is 0. The number of aromatic nitrogens is 1. The minimum Gasteiger partial charge on any atom is -0.481 e. The second kappa shape index (κ2) is 5.43. The predicted octanol–water partition coefficient (Wildman–Crippen LogP) is 2.64. The Hall–Kier alpha value is -2.50. The van der Waals surface area contributed by atoms with Crippen molar-refractivity contribution in [3.63, 3.8) is 0 Å². The van der Waals surface area contributed by atoms with E-state index in [1.54, 1.807) is 0 Å². The van der Waals surface area contributed by atoms with Gasteiger partial charge in [-0.15, -0.1) is 0 Å². The first-order valence-electron chi connectivity index (χ1n) is 5.33. The van der Waals surface area contributed by atoms with E-state index < -0.39 is 23.4 Å². The van der Waals surface area contributed by atoms with Crippen molar-refractivity contribution in [2.24, 2.45) is 0 Å². The van der Waals surface area contributed by atoms with Crippen molar-refractivity contribution in [3.8, 4) is 5.75 Å². The van der Waals surface area contributed by atoms with Crippen LogP contribution in [0.2, 0.25) is 0 Å². The molecule has 0 bridgehead atoms. The van der Waals surface area contributed by atoms with Gasteiger partial charge in [-0.2, -0.15) is 0 Å². The molecule has 98 valence electrons. The fourth-order valence-electron chi connectivity index (χ4n) is 1.40. The number of halogens is 2. The standard InChI is InChI=1S/C13H9F2NO3/c14-10-2-1-3-11(15)12(10)19-7-9-5-4-8(6-16-9)13(17)18/h1-6H,7H2,(H,17,18). The van der Waals surface area contributed by atoms with Crippen molar-refractivity contribution in [1.82, 2.24) is 4.98 Å². The molecule has 2 aromatic rings. The number of hydrogen-bond donors (Lipinski definition) is 1. The predicted molar refractivity (Wildman–Crippen MR) is 61.9 cm³/mol. The van der Waals surface area contributed by atoms with E-state index in [0.717, 1.165) is 18.3 Å². The highest BCUT2D eigenvalue weighted by atomic mass is 19.1. The van der Waals surface area contributed by atoms with Gasteiger partial charge in [0.15, 0.2) is 17.4 Å². The lowest BCUT2D eigenvalue weighted by molar-refractivity contribution is 0.0696. The van der Waals surface area contributed by atoms with E-state index in [4.69, 9.17) is 9.84 Å². The molecule has 1 aromatic carbocycles. The maximum atomic E-state index is 13.3. The van der Waals surface area contributed by atoms with Gasteiger partial charge in [-0.05, 0) is 24.3 Å². The Morgan fingerprint density at radius 2 is 1.89 bits per heavy atom. The molecule has 2 rings (SSSR count). The Labute approximate surface area is 107 Å². The Bertz CT molecular complexity index is 579. The molecule has 0 saturated carbocycles. The smallest absolute Gasteiger partial charge is 0.337 e. The quantitative estimate of drug-likeness (QED) is 0.923. The number of carboxylic acid groups (broad SMARTS) is 1. The van der Waals surface area contributed by atoms with Crippen LogP contribution in [0.15, 0.2) is 36.5 Å². The first kappa shape index (κ1) is 12.9. The Kier molecular flexibility index (Phi) is 3.70. The van der Waals surface area contributed by atoms with E-state index in [1.807, 2.05) is 0 Å². The summed E-state index contributed by atoms with van der Waals surface area (Å²) < 4.78 is 31.5. The molecule has 0 aliphatic rings. The molecular weight excluding hydrogens is 256 g/mol. The van der Waals surface area contributed by atoms with Crippen LogP contribution in [0.1, 0.15) is 16.1 Å². The molecule has 6 heteroatoms. The summed E-state index contributed by atoms with van der Waals surface area (Å²) in [5.74, 6) is -3.18. The second-order valence-corrected chi connectivity index (χ2v) is 3.68. The molecule has 0 fully saturated rings. The Balaban J connectivity index is 2.08. The third-order valence-electron chi connectivity index (χ3n) is 2.36. The average Bonchev–Trinajstić information content (AvgIpc) is 2.38. The summed E-state index contributed by atoms with van der Waals surface area (Å²) in [6.07, 6.45) is 1.15. The van der Waals surface area contributed by atoms with Gasteiger partial charge in [0.2, 0.25) is 0 Å². The second-order valence-electron chi connectivity index (χ2n) is 3.68. The summed E-state index contributed by atoms with van der Waals surface area (Å²) >= 11 is 0. The monoisotopic (exact) mass is 265 g/mol. The van der Waals surface area contributed by atoms with Crippen LogP contribution in [0.5, 0.6) is 5.75 Å². The summed E-state index contributed by atoms with van der Waals surface area (Å²) in [5, 5.41) is 8.69. The van der Waals surface area contributed by atoms with Gasteiger partial charge in [-0.3, -0.25) is 4.98 Å². The Morgan fingerprint density at radius 1 is 1.21 bits per heavy atom. The third kappa shape index (κ3) is 3.04. The van der Waals surface area contributed by atoms with Gasteiger partial charge < -0.3 is 9.84 Å². The van der Waals surface area contributed by atoms with E-state index in [9.17, 15) is 13.6 Å². The highest BCUT2D eigenvalue weighted by molar-refractivity contribution is 5.87. The molecule has 0 radical (unpaired) electrons. The SMILES string of the molecule is O=C(O)c1ccc(COc2c(F)cccc2F)nc1. The molecule has 4 nitrogen and oxygen atoms in total. The van der Waals surface area contributed by atoms with E-state index in [2.05, 4.69) is 4.98 Å². The largest absolute Gasteiger partial charge is 0.481 e. The molecule has 0 aliphatic heterocycles. The molecule has 0 spiro atoms. The summed E-state index contributed by atoms with van der Waals surface area (Å²) in [6.45, 7) is -0.155. The summed E-state index contributed by atoms with van der Waals surface area (Å²) in [4.78, 5) is 14.4. The van der Waals surface area contributed by atoms with Gasteiger partial charge in [0.25, 0.3) is 0 Å². The van der Waals surface area contributed by atoms with Crippen molar-refractivity contribution in [1.29, 1.82) is 0 Å². The number of nitrogens with zero attached hydrogens (tertiary/aromatic N) is 1. The van der Waals surface area contributed by atoms with Crippen molar-refractivity contribution in [3.05, 3.63) is 59.4 Å². The fourth-order valence-corrected chi connectivity index (χ4v) is 1.40. The molecule has 0 unspecified atom stereocenters. The van der Waals surface area contributed by atoms with Crippen LogP contribution in [-0.4, -0.2) is 16.1 Å². The molecule has 0 atom stereocenters. The van der Waals surface area contributed by atoms with Crippen LogP contribution < -0.4 is 4.74 Å². The lowest BCUT2D eigenvalue weighted by Gasteiger charge is -2.07. The first-order valence-corrected chi connectivity index (χ1v) is 5.33. The van der Waals surface area contributed by atoms with E-state index in [-0.39, 0.29) is 12.2 Å². The van der Waals surface area contributed by atoms with E-state index >= 15 is 0 Å². The number of ether oxygens (including phenoxy) is 1. The van der Waals surface area contributed by atoms with Crippen LogP contribution in [0.3, 0.4) is 0 Å². The van der Waals surface area contributed by atoms with Gasteiger partial charge in [-0.25, -0.2) is 13.6 Å². The van der Waals surface area contributed by atoms with Crippen molar-refractivity contribution < 1.29 is 23.4 Å². The molecule has 1 N–H and O–H groups in total. The number of benzene rings is 1. The number of carboxylic acids is 1. The van der Waals surface area contributed by atoms with Crippen molar-refractivity contribution in [2.75, 3.05) is 0 Å². The normalized spacial score (nSPS) is 10.2. The maximum absolute atomic E-state index is 13.3. The van der Waals surface area contributed by atoms with E-state index in [0.29, 0.717) is 5.69 Å². The zero-order chi connectivity index (χ0) is 13.8. The number of carbonyl (C=O) groups is 1. The molecule has 19 heavy (non-hydrogen) atoms. The number of hydrogen-bond acceptors (Lipinski definition) is 3. The molecule has 1 aromatic heterocycles. The first-order chi connectivity index (χ1) is 9.08. The Morgan fingerprint density at radius 3 is 2.42 bits per heavy atom. The van der Waals surface area contributed by atoms with Gasteiger partial charge in [0.1, 0.15) is 6.61 Å². The number of aromatic carboxylic acids is 1. The lowest BCUT2D eigenvalue weighted by atomic mass is 10.2. The highest BCUT2D eigenvalue weighted by Crippen LogP contribution is 2.21. The minimum atomic E-state index is -1.10. The zero-order valence-electron chi connectivity index (χ0n) is 9.64. The van der Waals surface area contributed by atoms with Crippen LogP contribution >= 0.6 is 0 Å². The third-order valence-corrected chi connectivity index (χ3v) is 2.36. The molecule has 1 heterocycles. The molecule has 0 saturated heterocycles.